The molecule has 0 unspecified atom stereocenters. The predicted octanol–water partition coefficient (Wildman–Crippen LogP) is 2.06. The second kappa shape index (κ2) is 5.62. The molecule has 21 heavy (non-hydrogen) atoms. The zero-order valence-electron chi connectivity index (χ0n) is 11.3. The Morgan fingerprint density at radius 3 is 3.14 bits per heavy atom. The summed E-state index contributed by atoms with van der Waals surface area (Å²) in [7, 11) is 0. The van der Waals surface area contributed by atoms with Crippen molar-refractivity contribution < 1.29 is 9.32 Å². The predicted molar refractivity (Wildman–Crippen MR) is 77.9 cm³/mol. The highest BCUT2D eigenvalue weighted by atomic mass is 16.5. The number of nitrogens with one attached hydrogen (secondary N) is 2. The number of rotatable bonds is 5. The van der Waals surface area contributed by atoms with Gasteiger partial charge in [-0.2, -0.15) is 4.98 Å². The number of hydrogen-bond acceptors (Lipinski definition) is 4. The summed E-state index contributed by atoms with van der Waals surface area (Å²) >= 11 is 0. The van der Waals surface area contributed by atoms with E-state index >= 15 is 0 Å². The van der Waals surface area contributed by atoms with Crippen LogP contribution in [0, 0.1) is 0 Å². The minimum absolute atomic E-state index is 0.0355. The van der Waals surface area contributed by atoms with Crippen LogP contribution < -0.4 is 5.32 Å². The third kappa shape index (κ3) is 2.69. The standard InChI is InChI=1S/C15H14N4O2/c1-2-7-16-14(20)15-18-13(19-21-15)8-10-9-17-12-6-4-3-5-11(10)12/h2-6,9,17H,1,7-8H2,(H,16,20). The van der Waals surface area contributed by atoms with Crippen molar-refractivity contribution in [3.05, 3.63) is 60.4 Å². The topological polar surface area (TPSA) is 83.8 Å². The van der Waals surface area contributed by atoms with Gasteiger partial charge in [-0.25, -0.2) is 0 Å². The lowest BCUT2D eigenvalue weighted by molar-refractivity contribution is 0.0914. The molecule has 6 nitrogen and oxygen atoms in total. The SMILES string of the molecule is C=CCNC(=O)c1nc(Cc2c[nH]c3ccccc23)no1. The average Bonchev–Trinajstić information content (AvgIpc) is 3.13. The maximum atomic E-state index is 11.7. The summed E-state index contributed by atoms with van der Waals surface area (Å²) in [6, 6.07) is 7.98. The lowest BCUT2D eigenvalue weighted by Gasteiger charge is -1.95. The molecule has 0 bridgehead atoms. The zero-order valence-corrected chi connectivity index (χ0v) is 11.3. The first-order chi connectivity index (χ1) is 10.3. The lowest BCUT2D eigenvalue weighted by atomic mass is 10.1. The Bertz CT molecular complexity index is 788. The van der Waals surface area contributed by atoms with Crippen molar-refractivity contribution in [2.75, 3.05) is 6.54 Å². The molecule has 0 aliphatic rings. The lowest BCUT2D eigenvalue weighted by Crippen LogP contribution is -2.23. The first-order valence-electron chi connectivity index (χ1n) is 6.54. The molecule has 6 heteroatoms. The molecule has 0 saturated heterocycles. The minimum atomic E-state index is -0.396. The molecule has 106 valence electrons. The van der Waals surface area contributed by atoms with Crippen LogP contribution >= 0.6 is 0 Å². The van der Waals surface area contributed by atoms with Crippen LogP contribution in [0.25, 0.3) is 10.9 Å². The van der Waals surface area contributed by atoms with E-state index in [0.29, 0.717) is 18.8 Å². The number of benzene rings is 1. The van der Waals surface area contributed by atoms with Crippen molar-refractivity contribution in [3.8, 4) is 0 Å². The Morgan fingerprint density at radius 1 is 1.43 bits per heavy atom. The van der Waals surface area contributed by atoms with E-state index in [9.17, 15) is 4.79 Å². The Labute approximate surface area is 120 Å². The van der Waals surface area contributed by atoms with Gasteiger partial charge in [0.25, 0.3) is 0 Å². The van der Waals surface area contributed by atoms with Gasteiger partial charge in [-0.1, -0.05) is 29.4 Å². The van der Waals surface area contributed by atoms with Gasteiger partial charge in [0.15, 0.2) is 5.82 Å². The first kappa shape index (κ1) is 13.1. The quantitative estimate of drug-likeness (QED) is 0.701. The third-order valence-corrected chi connectivity index (χ3v) is 3.09. The van der Waals surface area contributed by atoms with Crippen molar-refractivity contribution in [2.24, 2.45) is 0 Å². The summed E-state index contributed by atoms with van der Waals surface area (Å²) < 4.78 is 4.97. The van der Waals surface area contributed by atoms with Crippen molar-refractivity contribution in [1.82, 2.24) is 20.4 Å². The molecule has 0 radical (unpaired) electrons. The number of carbonyl (C=O) groups excluding carboxylic acids is 1. The van der Waals surface area contributed by atoms with E-state index in [-0.39, 0.29) is 5.89 Å². The van der Waals surface area contributed by atoms with E-state index < -0.39 is 5.91 Å². The molecule has 0 atom stereocenters. The third-order valence-electron chi connectivity index (χ3n) is 3.09. The largest absolute Gasteiger partial charge is 0.361 e. The van der Waals surface area contributed by atoms with Crippen molar-refractivity contribution >= 4 is 16.8 Å². The second-order valence-electron chi connectivity index (χ2n) is 4.55. The molecular formula is C15H14N4O2. The number of fused-ring (bicyclic) bond motifs is 1. The van der Waals surface area contributed by atoms with Crippen LogP contribution in [0.3, 0.4) is 0 Å². The van der Waals surface area contributed by atoms with Gasteiger partial charge in [-0.05, 0) is 11.6 Å². The highest BCUT2D eigenvalue weighted by Gasteiger charge is 2.15. The van der Waals surface area contributed by atoms with Crippen LogP contribution in [0.5, 0.6) is 0 Å². The number of amides is 1. The smallest absolute Gasteiger partial charge is 0.315 e. The Kier molecular flexibility index (Phi) is 3.51. The maximum absolute atomic E-state index is 11.7. The van der Waals surface area contributed by atoms with Crippen LogP contribution in [0.1, 0.15) is 22.1 Å². The molecular weight excluding hydrogens is 268 g/mol. The summed E-state index contributed by atoms with van der Waals surface area (Å²) in [6.07, 6.45) is 4.00. The van der Waals surface area contributed by atoms with Crippen molar-refractivity contribution in [1.29, 1.82) is 0 Å². The van der Waals surface area contributed by atoms with Gasteiger partial charge in [0.1, 0.15) is 0 Å². The number of aromatic nitrogens is 3. The van der Waals surface area contributed by atoms with Crippen LogP contribution in [-0.2, 0) is 6.42 Å². The Hall–Kier alpha value is -2.89. The van der Waals surface area contributed by atoms with Crippen LogP contribution in [0.4, 0.5) is 0 Å². The molecule has 0 saturated carbocycles. The summed E-state index contributed by atoms with van der Waals surface area (Å²) in [5, 5.41) is 7.54. The first-order valence-corrected chi connectivity index (χ1v) is 6.54. The van der Waals surface area contributed by atoms with Crippen molar-refractivity contribution in [3.63, 3.8) is 0 Å². The van der Waals surface area contributed by atoms with E-state index in [1.54, 1.807) is 6.08 Å². The summed E-state index contributed by atoms with van der Waals surface area (Å²) in [6.45, 7) is 3.89. The number of H-pyrrole nitrogens is 1. The minimum Gasteiger partial charge on any atom is -0.361 e. The van der Waals surface area contributed by atoms with Gasteiger partial charge >= 0.3 is 11.8 Å². The van der Waals surface area contributed by atoms with E-state index in [1.807, 2.05) is 30.5 Å². The van der Waals surface area contributed by atoms with E-state index in [4.69, 9.17) is 4.52 Å². The van der Waals surface area contributed by atoms with E-state index in [1.165, 1.54) is 0 Å². The van der Waals surface area contributed by atoms with Gasteiger partial charge in [0, 0.05) is 30.1 Å². The van der Waals surface area contributed by atoms with Gasteiger partial charge in [-0.3, -0.25) is 4.79 Å². The van der Waals surface area contributed by atoms with Gasteiger partial charge < -0.3 is 14.8 Å². The number of para-hydroxylation sites is 1. The molecule has 0 spiro atoms. The molecule has 0 aliphatic carbocycles. The fourth-order valence-electron chi connectivity index (χ4n) is 2.11. The fourth-order valence-corrected chi connectivity index (χ4v) is 2.11. The molecule has 2 aromatic heterocycles. The van der Waals surface area contributed by atoms with Crippen molar-refractivity contribution in [2.45, 2.75) is 6.42 Å². The maximum Gasteiger partial charge on any atom is 0.315 e. The normalized spacial score (nSPS) is 10.7. The number of nitrogens with zero attached hydrogens (tertiary/aromatic N) is 2. The van der Waals surface area contributed by atoms with Crippen LogP contribution in [-0.4, -0.2) is 27.6 Å². The molecule has 0 aliphatic heterocycles. The molecule has 1 amide bonds. The number of aromatic amines is 1. The zero-order chi connectivity index (χ0) is 14.7. The molecule has 3 rings (SSSR count). The van der Waals surface area contributed by atoms with Crippen LogP contribution in [0.15, 0.2) is 47.6 Å². The van der Waals surface area contributed by atoms with Gasteiger partial charge in [0.05, 0.1) is 0 Å². The average molecular weight is 282 g/mol. The summed E-state index contributed by atoms with van der Waals surface area (Å²) in [5.74, 6) is 0.0442. The Morgan fingerprint density at radius 2 is 2.29 bits per heavy atom. The number of hydrogen-bond donors (Lipinski definition) is 2. The monoisotopic (exact) mass is 282 g/mol. The highest BCUT2D eigenvalue weighted by Crippen LogP contribution is 2.19. The molecule has 2 N–H and O–H groups in total. The molecule has 0 fully saturated rings. The molecule has 3 aromatic rings. The Balaban J connectivity index is 1.78. The highest BCUT2D eigenvalue weighted by molar-refractivity contribution is 5.89. The van der Waals surface area contributed by atoms with E-state index in [0.717, 1.165) is 16.5 Å². The fraction of sp³-hybridized carbons (Fsp3) is 0.133. The molecule has 1 aromatic carbocycles. The summed E-state index contributed by atoms with van der Waals surface area (Å²) in [5.41, 5.74) is 2.12. The van der Waals surface area contributed by atoms with Gasteiger partial charge in [0.2, 0.25) is 0 Å². The van der Waals surface area contributed by atoms with E-state index in [2.05, 4.69) is 27.0 Å². The number of carbonyl (C=O) groups is 1. The van der Waals surface area contributed by atoms with Gasteiger partial charge in [-0.15, -0.1) is 6.58 Å². The second-order valence-corrected chi connectivity index (χ2v) is 4.55. The van der Waals surface area contributed by atoms with Crippen LogP contribution in [0.2, 0.25) is 0 Å². The molecule has 2 heterocycles. The summed E-state index contributed by atoms with van der Waals surface area (Å²) in [4.78, 5) is 19.0.